The normalized spacial score (nSPS) is 18.9. The van der Waals surface area contributed by atoms with Gasteiger partial charge < -0.3 is 14.4 Å². The van der Waals surface area contributed by atoms with Crippen molar-refractivity contribution in [3.8, 4) is 0 Å². The highest BCUT2D eigenvalue weighted by Gasteiger charge is 2.59. The highest BCUT2D eigenvalue weighted by molar-refractivity contribution is 6.10. The third-order valence-corrected chi connectivity index (χ3v) is 7.93. The Balaban J connectivity index is 1.24. The molecule has 1 saturated carbocycles. The maximum atomic E-state index is 14.1. The molecule has 2 aromatic carbocycles. The fraction of sp³-hybridized carbons (Fsp3) is 0.444. The fourth-order valence-corrected chi connectivity index (χ4v) is 5.78. The number of halogens is 2. The van der Waals surface area contributed by atoms with Crippen LogP contribution in [0.2, 0.25) is 0 Å². The summed E-state index contributed by atoms with van der Waals surface area (Å²) in [6.07, 6.45) is 2.40. The van der Waals surface area contributed by atoms with Gasteiger partial charge in [-0.2, -0.15) is 0 Å². The van der Waals surface area contributed by atoms with Gasteiger partial charge in [-0.15, -0.1) is 0 Å². The molecule has 1 spiro atoms. The molecule has 1 aromatic heterocycles. The van der Waals surface area contributed by atoms with Crippen LogP contribution in [-0.2, 0) is 28.1 Å². The van der Waals surface area contributed by atoms with Crippen LogP contribution in [0.15, 0.2) is 36.4 Å². The van der Waals surface area contributed by atoms with Gasteiger partial charge in [0.25, 0.3) is 0 Å². The first kappa shape index (κ1) is 23.1. The van der Waals surface area contributed by atoms with Gasteiger partial charge in [0.05, 0.1) is 28.7 Å². The Labute approximate surface area is 208 Å². The van der Waals surface area contributed by atoms with Gasteiger partial charge in [0.15, 0.2) is 0 Å². The lowest BCUT2D eigenvalue weighted by Gasteiger charge is -2.34. The minimum atomic E-state index is -0.520. The SMILES string of the molecule is CC(=O)N1CCN(CCCn2c(CN3C(=O)C4(CC4)c4ccc(F)cc43)nc3cc(F)ccc32)CC1. The highest BCUT2D eigenvalue weighted by Crippen LogP contribution is 2.57. The number of aromatic nitrogens is 2. The number of hydrogen-bond acceptors (Lipinski definition) is 4. The number of carbonyl (C=O) groups is 2. The van der Waals surface area contributed by atoms with Crippen LogP contribution in [-0.4, -0.2) is 63.9 Å². The standard InChI is InChI=1S/C27H29F2N5O2/c1-18(35)32-13-11-31(12-14-32)9-2-10-33-23-6-4-19(28)15-22(23)30-25(33)17-34-24-16-20(29)3-5-21(24)27(7-8-27)26(34)36/h3-6,15-16H,2,7-14,17H2,1H3. The Morgan fingerprint density at radius 3 is 2.44 bits per heavy atom. The van der Waals surface area contributed by atoms with Gasteiger partial charge in [0.1, 0.15) is 17.5 Å². The molecule has 36 heavy (non-hydrogen) atoms. The predicted molar refractivity (Wildman–Crippen MR) is 132 cm³/mol. The minimum absolute atomic E-state index is 0.00349. The molecule has 0 N–H and O–H groups in total. The average molecular weight is 494 g/mol. The second-order valence-corrected chi connectivity index (χ2v) is 10.1. The van der Waals surface area contributed by atoms with Gasteiger partial charge in [-0.25, -0.2) is 13.8 Å². The summed E-state index contributed by atoms with van der Waals surface area (Å²) < 4.78 is 30.2. The van der Waals surface area contributed by atoms with Gasteiger partial charge in [-0.1, -0.05) is 6.07 Å². The number of benzene rings is 2. The van der Waals surface area contributed by atoms with Crippen LogP contribution in [0.5, 0.6) is 0 Å². The van der Waals surface area contributed by atoms with E-state index in [0.717, 1.165) is 63.1 Å². The summed E-state index contributed by atoms with van der Waals surface area (Å²) in [5, 5.41) is 0. The lowest BCUT2D eigenvalue weighted by molar-refractivity contribution is -0.130. The number of nitrogens with zero attached hydrogens (tertiary/aromatic N) is 5. The van der Waals surface area contributed by atoms with Crippen molar-refractivity contribution in [1.29, 1.82) is 0 Å². The first-order chi connectivity index (χ1) is 17.4. The number of imidazole rings is 1. The average Bonchev–Trinajstić information content (AvgIpc) is 3.55. The predicted octanol–water partition coefficient (Wildman–Crippen LogP) is 3.45. The third kappa shape index (κ3) is 3.86. The molecule has 7 nitrogen and oxygen atoms in total. The topological polar surface area (TPSA) is 61.7 Å². The molecule has 0 radical (unpaired) electrons. The Kier molecular flexibility index (Phi) is 5.55. The minimum Gasteiger partial charge on any atom is -0.340 e. The van der Waals surface area contributed by atoms with E-state index < -0.39 is 5.41 Å². The smallest absolute Gasteiger partial charge is 0.238 e. The molecule has 3 heterocycles. The number of piperazine rings is 1. The van der Waals surface area contributed by atoms with E-state index in [-0.39, 0.29) is 30.0 Å². The molecule has 2 amide bonds. The second-order valence-electron chi connectivity index (χ2n) is 10.1. The Morgan fingerprint density at radius 2 is 1.72 bits per heavy atom. The Bertz CT molecular complexity index is 1360. The van der Waals surface area contributed by atoms with E-state index in [1.807, 2.05) is 4.90 Å². The van der Waals surface area contributed by atoms with Gasteiger partial charge in [-0.05, 0) is 55.6 Å². The van der Waals surface area contributed by atoms with Crippen molar-refractivity contribution in [2.24, 2.45) is 0 Å². The van der Waals surface area contributed by atoms with E-state index in [1.165, 1.54) is 24.3 Å². The lowest BCUT2D eigenvalue weighted by Crippen LogP contribution is -2.48. The van der Waals surface area contributed by atoms with Crippen LogP contribution in [0.4, 0.5) is 14.5 Å². The highest BCUT2D eigenvalue weighted by atomic mass is 19.1. The lowest BCUT2D eigenvalue weighted by atomic mass is 9.98. The molecule has 0 atom stereocenters. The third-order valence-electron chi connectivity index (χ3n) is 7.93. The van der Waals surface area contributed by atoms with Crippen molar-refractivity contribution in [3.63, 3.8) is 0 Å². The molecular weight excluding hydrogens is 464 g/mol. The molecule has 3 aliphatic rings. The molecule has 2 aliphatic heterocycles. The molecule has 0 bridgehead atoms. The van der Waals surface area contributed by atoms with E-state index in [4.69, 9.17) is 4.98 Å². The van der Waals surface area contributed by atoms with E-state index in [0.29, 0.717) is 23.6 Å². The maximum Gasteiger partial charge on any atom is 0.238 e. The van der Waals surface area contributed by atoms with Crippen molar-refractivity contribution in [2.45, 2.75) is 44.7 Å². The number of carbonyl (C=O) groups excluding carboxylic acids is 2. The van der Waals surface area contributed by atoms with Gasteiger partial charge in [-0.3, -0.25) is 14.5 Å². The van der Waals surface area contributed by atoms with E-state index >= 15 is 0 Å². The molecule has 1 aliphatic carbocycles. The summed E-state index contributed by atoms with van der Waals surface area (Å²) in [7, 11) is 0. The first-order valence-corrected chi connectivity index (χ1v) is 12.6. The summed E-state index contributed by atoms with van der Waals surface area (Å²) in [6, 6.07) is 9.17. The number of hydrogen-bond donors (Lipinski definition) is 0. The summed E-state index contributed by atoms with van der Waals surface area (Å²) >= 11 is 0. The monoisotopic (exact) mass is 493 g/mol. The first-order valence-electron chi connectivity index (χ1n) is 12.6. The molecule has 6 rings (SSSR count). The molecule has 1 saturated heterocycles. The van der Waals surface area contributed by atoms with E-state index in [2.05, 4.69) is 9.47 Å². The molecule has 3 aromatic rings. The van der Waals surface area contributed by atoms with Crippen molar-refractivity contribution in [3.05, 3.63) is 59.4 Å². The fourth-order valence-electron chi connectivity index (χ4n) is 5.78. The second kappa shape index (κ2) is 8.65. The molecular formula is C27H29F2N5O2. The zero-order chi connectivity index (χ0) is 25.0. The number of fused-ring (bicyclic) bond motifs is 3. The van der Waals surface area contributed by atoms with Crippen LogP contribution < -0.4 is 4.90 Å². The van der Waals surface area contributed by atoms with Crippen LogP contribution >= 0.6 is 0 Å². The van der Waals surface area contributed by atoms with Gasteiger partial charge in [0, 0.05) is 45.7 Å². The van der Waals surface area contributed by atoms with Crippen molar-refractivity contribution >= 4 is 28.5 Å². The van der Waals surface area contributed by atoms with Crippen LogP contribution in [0, 0.1) is 11.6 Å². The number of rotatable bonds is 6. The number of amides is 2. The largest absolute Gasteiger partial charge is 0.340 e. The van der Waals surface area contributed by atoms with E-state index in [9.17, 15) is 18.4 Å². The molecule has 0 unspecified atom stereocenters. The summed E-state index contributed by atoms with van der Waals surface area (Å²) in [6.45, 7) is 6.51. The summed E-state index contributed by atoms with van der Waals surface area (Å²) in [5.41, 5.74) is 2.36. The molecule has 188 valence electrons. The van der Waals surface area contributed by atoms with Gasteiger partial charge in [0.2, 0.25) is 11.8 Å². The quantitative estimate of drug-likeness (QED) is 0.528. The molecule has 9 heteroatoms. The Morgan fingerprint density at radius 1 is 1.00 bits per heavy atom. The van der Waals surface area contributed by atoms with E-state index in [1.54, 1.807) is 24.0 Å². The molecule has 2 fully saturated rings. The van der Waals surface area contributed by atoms with Crippen LogP contribution in [0.3, 0.4) is 0 Å². The van der Waals surface area contributed by atoms with Crippen molar-refractivity contribution in [2.75, 3.05) is 37.6 Å². The summed E-state index contributed by atoms with van der Waals surface area (Å²) in [5.74, 6) is 0.0464. The van der Waals surface area contributed by atoms with Gasteiger partial charge >= 0.3 is 0 Å². The number of aryl methyl sites for hydroxylation is 1. The van der Waals surface area contributed by atoms with Crippen molar-refractivity contribution in [1.82, 2.24) is 19.4 Å². The zero-order valence-corrected chi connectivity index (χ0v) is 20.3. The van der Waals surface area contributed by atoms with Crippen molar-refractivity contribution < 1.29 is 18.4 Å². The summed E-state index contributed by atoms with van der Waals surface area (Å²) in [4.78, 5) is 35.6. The van der Waals surface area contributed by atoms with Crippen LogP contribution in [0.25, 0.3) is 11.0 Å². The Hall–Kier alpha value is -3.33. The zero-order valence-electron chi connectivity index (χ0n) is 20.3. The van der Waals surface area contributed by atoms with Crippen LogP contribution in [0.1, 0.15) is 37.6 Å². The maximum absolute atomic E-state index is 14.1. The number of anilines is 1.